The van der Waals surface area contributed by atoms with Crippen molar-refractivity contribution < 1.29 is 5.11 Å². The minimum Gasteiger partial charge on any atom is -0.394 e. The molecule has 1 rings (SSSR count). The van der Waals surface area contributed by atoms with Crippen molar-refractivity contribution in [2.75, 3.05) is 23.8 Å². The van der Waals surface area contributed by atoms with E-state index in [1.807, 2.05) is 26.8 Å². The van der Waals surface area contributed by atoms with Crippen LogP contribution in [0.3, 0.4) is 0 Å². The first kappa shape index (κ1) is 14.7. The maximum atomic E-state index is 9.27. The van der Waals surface area contributed by atoms with Gasteiger partial charge in [0.1, 0.15) is 17.5 Å². The summed E-state index contributed by atoms with van der Waals surface area (Å²) in [6, 6.07) is 1.88. The summed E-state index contributed by atoms with van der Waals surface area (Å²) in [5.74, 6) is 2.38. The Morgan fingerprint density at radius 2 is 1.89 bits per heavy atom. The van der Waals surface area contributed by atoms with Gasteiger partial charge >= 0.3 is 0 Å². The number of rotatable bonds is 7. The third-order valence-corrected chi connectivity index (χ3v) is 2.51. The predicted octanol–water partition coefficient (Wildman–Crippen LogP) is 2.04. The first-order chi connectivity index (χ1) is 8.50. The zero-order chi connectivity index (χ0) is 13.6. The fourth-order valence-electron chi connectivity index (χ4n) is 1.45. The standard InChI is InChI=1S/C13H24N4O/c1-5-7-14-11-8-12(16-10(6-2)15-11)17-13(3,4)9-18/h8,18H,5-7,9H2,1-4H3,(H2,14,15,16,17). The smallest absolute Gasteiger partial charge is 0.132 e. The predicted molar refractivity (Wildman–Crippen MR) is 75.0 cm³/mol. The van der Waals surface area contributed by atoms with Crippen molar-refractivity contribution in [3.8, 4) is 0 Å². The van der Waals surface area contributed by atoms with Crippen LogP contribution in [0, 0.1) is 0 Å². The number of hydrogen-bond acceptors (Lipinski definition) is 5. The van der Waals surface area contributed by atoms with Gasteiger partial charge in [-0.1, -0.05) is 13.8 Å². The molecule has 0 atom stereocenters. The minimum absolute atomic E-state index is 0.0518. The molecule has 0 aliphatic heterocycles. The van der Waals surface area contributed by atoms with Gasteiger partial charge < -0.3 is 15.7 Å². The van der Waals surface area contributed by atoms with Crippen molar-refractivity contribution in [2.45, 2.75) is 46.1 Å². The highest BCUT2D eigenvalue weighted by Crippen LogP contribution is 2.16. The molecule has 0 aliphatic rings. The Kier molecular flexibility index (Phi) is 5.34. The van der Waals surface area contributed by atoms with Crippen LogP contribution >= 0.6 is 0 Å². The summed E-state index contributed by atoms with van der Waals surface area (Å²) >= 11 is 0. The van der Waals surface area contributed by atoms with E-state index in [9.17, 15) is 5.11 Å². The van der Waals surface area contributed by atoms with Gasteiger partial charge in [0, 0.05) is 19.0 Å². The van der Waals surface area contributed by atoms with Crippen molar-refractivity contribution in [2.24, 2.45) is 0 Å². The van der Waals surface area contributed by atoms with Gasteiger partial charge in [-0.15, -0.1) is 0 Å². The van der Waals surface area contributed by atoms with Crippen LogP contribution in [0.4, 0.5) is 11.6 Å². The van der Waals surface area contributed by atoms with E-state index in [0.29, 0.717) is 0 Å². The zero-order valence-corrected chi connectivity index (χ0v) is 11.7. The van der Waals surface area contributed by atoms with Crippen LogP contribution in [0.1, 0.15) is 39.9 Å². The van der Waals surface area contributed by atoms with E-state index >= 15 is 0 Å². The van der Waals surface area contributed by atoms with Gasteiger partial charge in [-0.05, 0) is 20.3 Å². The normalized spacial score (nSPS) is 11.4. The molecule has 0 bridgehead atoms. The number of nitrogens with zero attached hydrogens (tertiary/aromatic N) is 2. The fraction of sp³-hybridized carbons (Fsp3) is 0.692. The Balaban J connectivity index is 2.89. The number of aryl methyl sites for hydroxylation is 1. The molecule has 0 saturated carbocycles. The second kappa shape index (κ2) is 6.54. The highest BCUT2D eigenvalue weighted by Gasteiger charge is 2.17. The summed E-state index contributed by atoms with van der Waals surface area (Å²) in [5.41, 5.74) is -0.388. The molecule has 1 heterocycles. The molecule has 0 saturated heterocycles. The van der Waals surface area contributed by atoms with Gasteiger partial charge in [-0.2, -0.15) is 0 Å². The summed E-state index contributed by atoms with van der Waals surface area (Å²) in [6.07, 6.45) is 1.84. The number of aliphatic hydroxyl groups excluding tert-OH is 1. The van der Waals surface area contributed by atoms with Crippen molar-refractivity contribution in [1.29, 1.82) is 0 Å². The molecule has 5 heteroatoms. The van der Waals surface area contributed by atoms with E-state index in [2.05, 4.69) is 27.5 Å². The zero-order valence-electron chi connectivity index (χ0n) is 11.7. The van der Waals surface area contributed by atoms with Gasteiger partial charge in [0.2, 0.25) is 0 Å². The maximum Gasteiger partial charge on any atom is 0.132 e. The highest BCUT2D eigenvalue weighted by atomic mass is 16.3. The summed E-state index contributed by atoms with van der Waals surface area (Å²) in [6.45, 7) is 8.95. The lowest BCUT2D eigenvalue weighted by atomic mass is 10.1. The summed E-state index contributed by atoms with van der Waals surface area (Å²) < 4.78 is 0. The molecule has 1 aromatic rings. The summed E-state index contributed by atoms with van der Waals surface area (Å²) in [4.78, 5) is 8.84. The summed E-state index contributed by atoms with van der Waals surface area (Å²) in [5, 5.41) is 15.7. The molecule has 5 nitrogen and oxygen atoms in total. The SMILES string of the molecule is CCCNc1cc(NC(C)(C)CO)nc(CC)n1. The summed E-state index contributed by atoms with van der Waals surface area (Å²) in [7, 11) is 0. The van der Waals surface area contributed by atoms with E-state index in [0.717, 1.165) is 36.8 Å². The van der Waals surface area contributed by atoms with E-state index in [4.69, 9.17) is 0 Å². The third-order valence-electron chi connectivity index (χ3n) is 2.51. The van der Waals surface area contributed by atoms with Crippen LogP contribution in [0.15, 0.2) is 6.07 Å². The van der Waals surface area contributed by atoms with Gasteiger partial charge in [-0.25, -0.2) is 9.97 Å². The largest absolute Gasteiger partial charge is 0.394 e. The Morgan fingerprint density at radius 3 is 2.44 bits per heavy atom. The molecular weight excluding hydrogens is 228 g/mol. The average Bonchev–Trinajstić information content (AvgIpc) is 2.35. The molecule has 0 aromatic carbocycles. The monoisotopic (exact) mass is 252 g/mol. The van der Waals surface area contributed by atoms with E-state index in [1.165, 1.54) is 0 Å². The van der Waals surface area contributed by atoms with Crippen LogP contribution in [0.2, 0.25) is 0 Å². The molecule has 0 spiro atoms. The van der Waals surface area contributed by atoms with Gasteiger partial charge in [0.25, 0.3) is 0 Å². The van der Waals surface area contributed by atoms with Crippen LogP contribution in [-0.4, -0.2) is 33.8 Å². The fourth-order valence-corrected chi connectivity index (χ4v) is 1.45. The maximum absolute atomic E-state index is 9.27. The van der Waals surface area contributed by atoms with Crippen molar-refractivity contribution in [3.05, 3.63) is 11.9 Å². The molecule has 3 N–H and O–H groups in total. The van der Waals surface area contributed by atoms with Crippen molar-refractivity contribution in [3.63, 3.8) is 0 Å². The van der Waals surface area contributed by atoms with E-state index in [-0.39, 0.29) is 12.1 Å². The van der Waals surface area contributed by atoms with Gasteiger partial charge in [0.15, 0.2) is 0 Å². The van der Waals surface area contributed by atoms with Crippen LogP contribution in [-0.2, 0) is 6.42 Å². The molecule has 0 fully saturated rings. The first-order valence-corrected chi connectivity index (χ1v) is 6.51. The van der Waals surface area contributed by atoms with Gasteiger partial charge in [-0.3, -0.25) is 0 Å². The molecule has 0 amide bonds. The lowest BCUT2D eigenvalue weighted by Gasteiger charge is -2.24. The molecule has 1 aromatic heterocycles. The number of nitrogens with one attached hydrogen (secondary N) is 2. The number of aliphatic hydroxyl groups is 1. The third kappa shape index (κ3) is 4.49. The second-order valence-electron chi connectivity index (χ2n) is 5.00. The number of anilines is 2. The molecular formula is C13H24N4O. The molecule has 102 valence electrons. The van der Waals surface area contributed by atoms with Crippen molar-refractivity contribution >= 4 is 11.6 Å². The highest BCUT2D eigenvalue weighted by molar-refractivity contribution is 5.48. The van der Waals surface area contributed by atoms with Crippen LogP contribution in [0.25, 0.3) is 0 Å². The Labute approximate surface area is 109 Å². The minimum atomic E-state index is -0.388. The number of aromatic nitrogens is 2. The Bertz CT molecular complexity index is 379. The van der Waals surface area contributed by atoms with Crippen molar-refractivity contribution in [1.82, 2.24) is 9.97 Å². The molecule has 0 aliphatic carbocycles. The Morgan fingerprint density at radius 1 is 1.22 bits per heavy atom. The molecule has 0 radical (unpaired) electrons. The van der Waals surface area contributed by atoms with Crippen LogP contribution in [0.5, 0.6) is 0 Å². The van der Waals surface area contributed by atoms with E-state index < -0.39 is 0 Å². The molecule has 18 heavy (non-hydrogen) atoms. The quantitative estimate of drug-likeness (QED) is 0.693. The van der Waals surface area contributed by atoms with Crippen LogP contribution < -0.4 is 10.6 Å². The molecule has 0 unspecified atom stereocenters. The van der Waals surface area contributed by atoms with E-state index in [1.54, 1.807) is 0 Å². The second-order valence-corrected chi connectivity index (χ2v) is 5.00. The lowest BCUT2D eigenvalue weighted by Crippen LogP contribution is -2.35. The average molecular weight is 252 g/mol. The van der Waals surface area contributed by atoms with Gasteiger partial charge in [0.05, 0.1) is 12.1 Å². The lowest BCUT2D eigenvalue weighted by molar-refractivity contribution is 0.234. The number of hydrogen-bond donors (Lipinski definition) is 3. The Hall–Kier alpha value is -1.36. The topological polar surface area (TPSA) is 70.1 Å². The first-order valence-electron chi connectivity index (χ1n) is 6.51.